The van der Waals surface area contributed by atoms with Crippen molar-refractivity contribution in [3.05, 3.63) is 17.7 Å². The summed E-state index contributed by atoms with van der Waals surface area (Å²) in [5, 5.41) is 0. The van der Waals surface area contributed by atoms with Gasteiger partial charge in [-0.1, -0.05) is 0 Å². The maximum absolute atomic E-state index is 11.5. The highest BCUT2D eigenvalue weighted by Gasteiger charge is 2.32. The number of rotatable bonds is 3. The first kappa shape index (κ1) is 9.24. The summed E-state index contributed by atoms with van der Waals surface area (Å²) in [6.45, 7) is 2.74. The van der Waals surface area contributed by atoms with Gasteiger partial charge in [0.1, 0.15) is 0 Å². The van der Waals surface area contributed by atoms with E-state index in [9.17, 15) is 4.79 Å². The Morgan fingerprint density at radius 2 is 2.43 bits per heavy atom. The van der Waals surface area contributed by atoms with Crippen LogP contribution in [0.1, 0.15) is 41.9 Å². The molecule has 1 heterocycles. The summed E-state index contributed by atoms with van der Waals surface area (Å²) >= 11 is 0. The molecule has 1 aliphatic rings. The highest BCUT2D eigenvalue weighted by atomic mass is 16.5. The second-order valence-electron chi connectivity index (χ2n) is 3.53. The van der Waals surface area contributed by atoms with Crippen LogP contribution in [0.3, 0.4) is 0 Å². The van der Waals surface area contributed by atoms with Crippen molar-refractivity contribution in [2.45, 2.75) is 32.2 Å². The van der Waals surface area contributed by atoms with Crippen LogP contribution in [-0.4, -0.2) is 22.6 Å². The molecule has 1 saturated carbocycles. The summed E-state index contributed by atoms with van der Waals surface area (Å²) in [7, 11) is 1.41. The number of esters is 1. The monoisotopic (exact) mass is 194 g/mol. The SMILES string of the molecule is CCn1cnc(C2CC2)c1C(=O)OC. The molecule has 0 atom stereocenters. The Hall–Kier alpha value is -1.32. The molecule has 0 unspecified atom stereocenters. The van der Waals surface area contributed by atoms with E-state index in [1.54, 1.807) is 6.33 Å². The maximum atomic E-state index is 11.5. The summed E-state index contributed by atoms with van der Waals surface area (Å²) < 4.78 is 6.60. The van der Waals surface area contributed by atoms with E-state index in [2.05, 4.69) is 4.98 Å². The second kappa shape index (κ2) is 3.44. The van der Waals surface area contributed by atoms with Crippen LogP contribution in [0.4, 0.5) is 0 Å². The number of carbonyl (C=O) groups excluding carboxylic acids is 1. The van der Waals surface area contributed by atoms with Crippen LogP contribution in [0.5, 0.6) is 0 Å². The molecule has 0 aliphatic heterocycles. The number of methoxy groups -OCH3 is 1. The van der Waals surface area contributed by atoms with E-state index in [4.69, 9.17) is 4.74 Å². The lowest BCUT2D eigenvalue weighted by Crippen LogP contribution is -2.11. The average molecular weight is 194 g/mol. The van der Waals surface area contributed by atoms with Gasteiger partial charge >= 0.3 is 5.97 Å². The molecule has 0 spiro atoms. The van der Waals surface area contributed by atoms with Crippen LogP contribution in [-0.2, 0) is 11.3 Å². The Morgan fingerprint density at radius 3 is 2.93 bits per heavy atom. The molecule has 2 rings (SSSR count). The fourth-order valence-corrected chi connectivity index (χ4v) is 1.61. The summed E-state index contributed by atoms with van der Waals surface area (Å²) in [5.74, 6) is 0.211. The van der Waals surface area contributed by atoms with Crippen molar-refractivity contribution in [2.75, 3.05) is 7.11 Å². The second-order valence-corrected chi connectivity index (χ2v) is 3.53. The van der Waals surface area contributed by atoms with Crippen LogP contribution in [0.25, 0.3) is 0 Å². The smallest absolute Gasteiger partial charge is 0.356 e. The highest BCUT2D eigenvalue weighted by molar-refractivity contribution is 5.89. The fourth-order valence-electron chi connectivity index (χ4n) is 1.61. The molecule has 0 N–H and O–H groups in total. The lowest BCUT2D eigenvalue weighted by molar-refractivity contribution is 0.0587. The van der Waals surface area contributed by atoms with Gasteiger partial charge in [-0.2, -0.15) is 0 Å². The summed E-state index contributed by atoms with van der Waals surface area (Å²) in [6.07, 6.45) is 4.01. The van der Waals surface area contributed by atoms with E-state index in [0.717, 1.165) is 25.1 Å². The molecule has 14 heavy (non-hydrogen) atoms. The van der Waals surface area contributed by atoms with Gasteiger partial charge in [-0.05, 0) is 19.8 Å². The van der Waals surface area contributed by atoms with Gasteiger partial charge in [-0.3, -0.25) is 0 Å². The molecule has 0 amide bonds. The molecule has 4 nitrogen and oxygen atoms in total. The van der Waals surface area contributed by atoms with Crippen molar-refractivity contribution in [3.63, 3.8) is 0 Å². The number of aryl methyl sites for hydroxylation is 1. The number of imidazole rings is 1. The summed E-state index contributed by atoms with van der Waals surface area (Å²) in [5.41, 5.74) is 1.55. The van der Waals surface area contributed by atoms with E-state index in [1.807, 2.05) is 11.5 Å². The van der Waals surface area contributed by atoms with Crippen molar-refractivity contribution in [3.8, 4) is 0 Å². The van der Waals surface area contributed by atoms with Gasteiger partial charge in [0, 0.05) is 12.5 Å². The van der Waals surface area contributed by atoms with Crippen molar-refractivity contribution in [1.29, 1.82) is 0 Å². The van der Waals surface area contributed by atoms with Gasteiger partial charge in [0.2, 0.25) is 0 Å². The van der Waals surface area contributed by atoms with Gasteiger partial charge in [0.05, 0.1) is 19.1 Å². The highest BCUT2D eigenvalue weighted by Crippen LogP contribution is 2.40. The van der Waals surface area contributed by atoms with Crippen LogP contribution in [0, 0.1) is 0 Å². The third kappa shape index (κ3) is 1.41. The van der Waals surface area contributed by atoms with Crippen LogP contribution < -0.4 is 0 Å². The predicted molar refractivity (Wildman–Crippen MR) is 51.2 cm³/mol. The molecule has 1 aliphatic carbocycles. The minimum Gasteiger partial charge on any atom is -0.464 e. The molecule has 1 aromatic rings. The third-order valence-corrected chi connectivity index (χ3v) is 2.55. The normalized spacial score (nSPS) is 15.6. The Labute approximate surface area is 82.9 Å². The molecular formula is C10H14N2O2. The van der Waals surface area contributed by atoms with E-state index in [0.29, 0.717) is 11.6 Å². The van der Waals surface area contributed by atoms with Gasteiger partial charge < -0.3 is 9.30 Å². The zero-order valence-electron chi connectivity index (χ0n) is 8.49. The van der Waals surface area contributed by atoms with Crippen LogP contribution in [0.2, 0.25) is 0 Å². The Balaban J connectivity index is 2.39. The minimum atomic E-state index is -0.272. The summed E-state index contributed by atoms with van der Waals surface area (Å²) in [6, 6.07) is 0. The van der Waals surface area contributed by atoms with E-state index in [1.165, 1.54) is 7.11 Å². The Morgan fingerprint density at radius 1 is 1.71 bits per heavy atom. The molecule has 1 aromatic heterocycles. The molecule has 1 fully saturated rings. The Bertz CT molecular complexity index is 353. The molecule has 0 radical (unpaired) electrons. The molecular weight excluding hydrogens is 180 g/mol. The number of aromatic nitrogens is 2. The number of ether oxygens (including phenoxy) is 1. The van der Waals surface area contributed by atoms with Crippen molar-refractivity contribution < 1.29 is 9.53 Å². The molecule has 0 saturated heterocycles. The molecule has 4 heteroatoms. The maximum Gasteiger partial charge on any atom is 0.356 e. The lowest BCUT2D eigenvalue weighted by atomic mass is 10.2. The largest absolute Gasteiger partial charge is 0.464 e. The average Bonchev–Trinajstić information content (AvgIpc) is 2.96. The number of hydrogen-bond acceptors (Lipinski definition) is 3. The lowest BCUT2D eigenvalue weighted by Gasteiger charge is -2.04. The van der Waals surface area contributed by atoms with Gasteiger partial charge in [0.25, 0.3) is 0 Å². The van der Waals surface area contributed by atoms with E-state index in [-0.39, 0.29) is 5.97 Å². The molecule has 76 valence electrons. The zero-order valence-corrected chi connectivity index (χ0v) is 8.49. The van der Waals surface area contributed by atoms with Crippen molar-refractivity contribution in [2.24, 2.45) is 0 Å². The van der Waals surface area contributed by atoms with Crippen LogP contribution in [0.15, 0.2) is 6.33 Å². The minimum absolute atomic E-state index is 0.272. The number of carbonyl (C=O) groups is 1. The third-order valence-electron chi connectivity index (χ3n) is 2.55. The van der Waals surface area contributed by atoms with Crippen molar-refractivity contribution in [1.82, 2.24) is 9.55 Å². The van der Waals surface area contributed by atoms with E-state index < -0.39 is 0 Å². The van der Waals surface area contributed by atoms with Crippen molar-refractivity contribution >= 4 is 5.97 Å². The number of hydrogen-bond donors (Lipinski definition) is 0. The fraction of sp³-hybridized carbons (Fsp3) is 0.600. The quantitative estimate of drug-likeness (QED) is 0.686. The van der Waals surface area contributed by atoms with Crippen LogP contribution >= 0.6 is 0 Å². The standard InChI is InChI=1S/C10H14N2O2/c1-3-12-6-11-8(7-4-5-7)9(12)10(13)14-2/h6-7H,3-5H2,1-2H3. The predicted octanol–water partition coefficient (Wildman–Crippen LogP) is 1.57. The van der Waals surface area contributed by atoms with E-state index >= 15 is 0 Å². The van der Waals surface area contributed by atoms with Gasteiger partial charge in [-0.25, -0.2) is 9.78 Å². The first-order valence-electron chi connectivity index (χ1n) is 4.91. The first-order chi connectivity index (χ1) is 6.77. The topological polar surface area (TPSA) is 44.1 Å². The molecule has 0 bridgehead atoms. The van der Waals surface area contributed by atoms with Gasteiger partial charge in [0.15, 0.2) is 5.69 Å². The molecule has 0 aromatic carbocycles. The first-order valence-corrected chi connectivity index (χ1v) is 4.91. The zero-order chi connectivity index (χ0) is 10.1. The van der Waals surface area contributed by atoms with Gasteiger partial charge in [-0.15, -0.1) is 0 Å². The summed E-state index contributed by atoms with van der Waals surface area (Å²) in [4.78, 5) is 15.8. The Kier molecular flexibility index (Phi) is 2.27. The number of nitrogens with zero attached hydrogens (tertiary/aromatic N) is 2.